The van der Waals surface area contributed by atoms with Crippen LogP contribution in [0.15, 0.2) is 203 Å². The van der Waals surface area contributed by atoms with E-state index in [9.17, 15) is 0 Å². The predicted molar refractivity (Wildman–Crippen MR) is 241 cm³/mol. The van der Waals surface area contributed by atoms with Crippen LogP contribution in [0, 0.1) is 0 Å². The third-order valence-corrected chi connectivity index (χ3v) is 12.1. The molecule has 0 N–H and O–H groups in total. The summed E-state index contributed by atoms with van der Waals surface area (Å²) >= 11 is 0. The molecule has 0 fully saturated rings. The van der Waals surface area contributed by atoms with Crippen LogP contribution in [-0.2, 0) is 0 Å². The summed E-state index contributed by atoms with van der Waals surface area (Å²) in [5.41, 5.74) is 14.6. The molecule has 0 radical (unpaired) electrons. The van der Waals surface area contributed by atoms with E-state index >= 15 is 0 Å². The van der Waals surface area contributed by atoms with E-state index in [2.05, 4.69) is 191 Å². The summed E-state index contributed by atoms with van der Waals surface area (Å²) in [6, 6.07) is 69.5. The first-order valence-corrected chi connectivity index (χ1v) is 19.8. The molecule has 0 aliphatic rings. The number of para-hydroxylation sites is 8. The Kier molecular flexibility index (Phi) is 6.41. The highest BCUT2D eigenvalue weighted by Crippen LogP contribution is 2.49. The van der Waals surface area contributed by atoms with Gasteiger partial charge in [-0.2, -0.15) is 0 Å². The molecule has 0 amide bonds. The maximum absolute atomic E-state index is 6.80. The molecule has 4 nitrogen and oxygen atoms in total. The molecule has 13 rings (SSSR count). The van der Waals surface area contributed by atoms with Crippen molar-refractivity contribution in [3.05, 3.63) is 194 Å². The highest BCUT2D eigenvalue weighted by atomic mass is 16.3. The van der Waals surface area contributed by atoms with Gasteiger partial charge in [0, 0.05) is 65.5 Å². The number of furan rings is 2. The first kappa shape index (κ1) is 31.4. The van der Waals surface area contributed by atoms with Crippen LogP contribution in [-0.4, -0.2) is 9.13 Å². The fourth-order valence-corrected chi connectivity index (χ4v) is 9.74. The minimum Gasteiger partial charge on any atom is -0.455 e. The van der Waals surface area contributed by atoms with E-state index in [4.69, 9.17) is 8.83 Å². The van der Waals surface area contributed by atoms with Crippen LogP contribution in [0.3, 0.4) is 0 Å². The van der Waals surface area contributed by atoms with Gasteiger partial charge in [0.15, 0.2) is 5.58 Å². The number of hydrogen-bond donors (Lipinski definition) is 0. The summed E-state index contributed by atoms with van der Waals surface area (Å²) in [5, 5.41) is 9.18. The molecule has 270 valence electrons. The molecule has 0 aliphatic heterocycles. The second-order valence-corrected chi connectivity index (χ2v) is 15.2. The van der Waals surface area contributed by atoms with E-state index in [0.717, 1.165) is 99.6 Å². The quantitative estimate of drug-likeness (QED) is 0.180. The second kappa shape index (κ2) is 11.8. The van der Waals surface area contributed by atoms with Crippen molar-refractivity contribution in [2.45, 2.75) is 0 Å². The van der Waals surface area contributed by atoms with Crippen molar-refractivity contribution in [2.75, 3.05) is 0 Å². The Bertz CT molecular complexity index is 3800. The van der Waals surface area contributed by atoms with E-state index in [-0.39, 0.29) is 0 Å². The van der Waals surface area contributed by atoms with Crippen molar-refractivity contribution >= 4 is 87.5 Å². The fraction of sp³-hybridized carbons (Fsp3) is 0. The van der Waals surface area contributed by atoms with Crippen molar-refractivity contribution in [1.29, 1.82) is 0 Å². The van der Waals surface area contributed by atoms with Gasteiger partial charge in [-0.3, -0.25) is 0 Å². The van der Waals surface area contributed by atoms with Gasteiger partial charge < -0.3 is 18.0 Å². The van der Waals surface area contributed by atoms with E-state index in [1.54, 1.807) is 0 Å². The lowest BCUT2D eigenvalue weighted by Crippen LogP contribution is -2.00. The maximum atomic E-state index is 6.80. The molecule has 0 bridgehead atoms. The summed E-state index contributed by atoms with van der Waals surface area (Å²) in [6.45, 7) is 0. The summed E-state index contributed by atoms with van der Waals surface area (Å²) in [7, 11) is 0. The minimum atomic E-state index is 0.866. The number of hydrogen-bond acceptors (Lipinski definition) is 2. The van der Waals surface area contributed by atoms with E-state index in [0.29, 0.717) is 0 Å². The van der Waals surface area contributed by atoms with Gasteiger partial charge in [0.05, 0.1) is 27.8 Å². The summed E-state index contributed by atoms with van der Waals surface area (Å²) in [5.74, 6) is 0. The van der Waals surface area contributed by atoms with E-state index in [1.165, 1.54) is 21.5 Å². The van der Waals surface area contributed by atoms with Gasteiger partial charge in [-0.05, 0) is 48.0 Å². The first-order chi connectivity index (χ1) is 28.8. The molecule has 4 heterocycles. The van der Waals surface area contributed by atoms with Crippen molar-refractivity contribution < 1.29 is 8.83 Å². The molecule has 4 aromatic heterocycles. The second-order valence-electron chi connectivity index (χ2n) is 15.2. The summed E-state index contributed by atoms with van der Waals surface area (Å²) in [4.78, 5) is 0. The number of benzene rings is 9. The zero-order valence-corrected chi connectivity index (χ0v) is 31.2. The third-order valence-electron chi connectivity index (χ3n) is 12.1. The van der Waals surface area contributed by atoms with Crippen LogP contribution in [0.5, 0.6) is 0 Å². The number of rotatable bonds is 4. The lowest BCUT2D eigenvalue weighted by molar-refractivity contribution is 0.666. The van der Waals surface area contributed by atoms with Crippen LogP contribution in [0.4, 0.5) is 0 Å². The Balaban J connectivity index is 1.25. The summed E-state index contributed by atoms with van der Waals surface area (Å²) in [6.07, 6.45) is 0. The fourth-order valence-electron chi connectivity index (χ4n) is 9.74. The van der Waals surface area contributed by atoms with Crippen molar-refractivity contribution in [2.24, 2.45) is 0 Å². The Hall–Kier alpha value is -7.82. The van der Waals surface area contributed by atoms with Gasteiger partial charge in [0.2, 0.25) is 0 Å². The molecule has 9 aromatic carbocycles. The van der Waals surface area contributed by atoms with Gasteiger partial charge in [-0.15, -0.1) is 0 Å². The Labute approximate surface area is 332 Å². The van der Waals surface area contributed by atoms with E-state index in [1.807, 2.05) is 12.1 Å². The van der Waals surface area contributed by atoms with Crippen LogP contribution >= 0.6 is 0 Å². The largest absolute Gasteiger partial charge is 0.455 e. The lowest BCUT2D eigenvalue weighted by atomic mass is 9.90. The van der Waals surface area contributed by atoms with Gasteiger partial charge in [-0.1, -0.05) is 152 Å². The van der Waals surface area contributed by atoms with Crippen molar-refractivity contribution in [1.82, 2.24) is 9.13 Å². The highest BCUT2D eigenvalue weighted by Gasteiger charge is 2.26. The zero-order valence-electron chi connectivity index (χ0n) is 31.2. The van der Waals surface area contributed by atoms with E-state index < -0.39 is 0 Å². The average molecular weight is 741 g/mol. The van der Waals surface area contributed by atoms with Crippen molar-refractivity contribution in [3.63, 3.8) is 0 Å². The maximum Gasteiger partial charge on any atom is 0.159 e. The van der Waals surface area contributed by atoms with Crippen LogP contribution in [0.1, 0.15) is 0 Å². The van der Waals surface area contributed by atoms with Gasteiger partial charge in [-0.25, -0.2) is 0 Å². The van der Waals surface area contributed by atoms with Gasteiger partial charge in [0.25, 0.3) is 0 Å². The van der Waals surface area contributed by atoms with Gasteiger partial charge in [0.1, 0.15) is 16.7 Å². The predicted octanol–water partition coefficient (Wildman–Crippen LogP) is 15.0. The van der Waals surface area contributed by atoms with Crippen LogP contribution in [0.2, 0.25) is 0 Å². The molecule has 0 unspecified atom stereocenters. The zero-order chi connectivity index (χ0) is 37.9. The van der Waals surface area contributed by atoms with Crippen LogP contribution < -0.4 is 0 Å². The Morgan fingerprint density at radius 1 is 0.293 bits per heavy atom. The molecule has 0 spiro atoms. The molecule has 4 heteroatoms. The number of aromatic nitrogens is 2. The molecule has 0 aliphatic carbocycles. The molecule has 58 heavy (non-hydrogen) atoms. The molecule has 0 saturated heterocycles. The standard InChI is InChI=1S/C54H32N2O2/c1-2-15-33(16-3-1)55-45-26-8-4-18-35(45)40-32-31-38(43-23-13-22-41-36-19-6-10-29-48(36)57-53(41)43)50(52(40)55)44-25-12-21-39-34-17-5-9-27-46(34)56(51(39)44)47-28-14-24-42-37-20-7-11-30-49(37)58-54(42)47/h1-32H. The topological polar surface area (TPSA) is 36.1 Å². The molecule has 0 saturated carbocycles. The molecular weight excluding hydrogens is 709 g/mol. The molecule has 0 atom stereocenters. The van der Waals surface area contributed by atoms with Crippen molar-refractivity contribution in [3.8, 4) is 33.6 Å². The summed E-state index contributed by atoms with van der Waals surface area (Å²) < 4.78 is 18.5. The first-order valence-electron chi connectivity index (χ1n) is 19.8. The van der Waals surface area contributed by atoms with Crippen LogP contribution in [0.25, 0.3) is 121 Å². The van der Waals surface area contributed by atoms with Gasteiger partial charge >= 0.3 is 0 Å². The molecular formula is C54H32N2O2. The Morgan fingerprint density at radius 3 is 1.53 bits per heavy atom. The SMILES string of the molecule is c1ccc(-n2c3ccccc3c3ccc(-c4cccc5c4oc4ccccc45)c(-c4cccc5c6ccccc6n(-c6cccc7c6oc6ccccc67)c45)c32)cc1. The average Bonchev–Trinajstić information content (AvgIpc) is 4.04. The number of nitrogens with zero attached hydrogens (tertiary/aromatic N) is 2. The smallest absolute Gasteiger partial charge is 0.159 e. The third kappa shape index (κ3) is 4.23. The monoisotopic (exact) mass is 740 g/mol. The minimum absolute atomic E-state index is 0.866. The lowest BCUT2D eigenvalue weighted by Gasteiger charge is -2.18. The number of fused-ring (bicyclic) bond motifs is 12. The Morgan fingerprint density at radius 2 is 0.810 bits per heavy atom. The highest BCUT2D eigenvalue weighted by molar-refractivity contribution is 6.23. The molecule has 13 aromatic rings. The normalized spacial score (nSPS) is 12.1.